The number of aliphatic hydroxyl groups is 1. The Balaban J connectivity index is 1.52. The first-order chi connectivity index (χ1) is 12.0. The number of nitriles is 1. The largest absolute Gasteiger partial charge is 0.491 e. The second-order valence-corrected chi connectivity index (χ2v) is 7.62. The highest BCUT2D eigenvalue weighted by atomic mass is 32.2. The fourth-order valence-corrected chi connectivity index (χ4v) is 4.65. The molecule has 0 aliphatic carbocycles. The van der Waals surface area contributed by atoms with Crippen LogP contribution < -0.4 is 4.74 Å². The summed E-state index contributed by atoms with van der Waals surface area (Å²) in [5, 5.41) is 18.8. The van der Waals surface area contributed by atoms with Crippen LogP contribution >= 0.6 is 11.8 Å². The Bertz CT molecular complexity index is 692. The van der Waals surface area contributed by atoms with Gasteiger partial charge in [-0.15, -0.1) is 0 Å². The van der Waals surface area contributed by atoms with Crippen molar-refractivity contribution in [1.29, 1.82) is 5.26 Å². The molecule has 0 radical (unpaired) electrons. The van der Waals surface area contributed by atoms with Gasteiger partial charge in [0.25, 0.3) is 0 Å². The molecule has 2 saturated heterocycles. The molecule has 1 aromatic rings. The third-order valence-electron chi connectivity index (χ3n) is 4.64. The molecule has 1 N–H and O–H groups in total. The van der Waals surface area contributed by atoms with Crippen LogP contribution in [0.25, 0.3) is 0 Å². The molecule has 25 heavy (non-hydrogen) atoms. The van der Waals surface area contributed by atoms with Crippen LogP contribution in [-0.2, 0) is 16.0 Å². The number of likely N-dealkylation sites (tertiary alicyclic amines) is 1. The van der Waals surface area contributed by atoms with Gasteiger partial charge in [0.05, 0.1) is 24.4 Å². The maximum absolute atomic E-state index is 12.6. The van der Waals surface area contributed by atoms with Crippen LogP contribution in [0.2, 0.25) is 0 Å². The SMILES string of the molecule is N#CCc1ccc(OC[C@@H](O)CN2C(=O)C[C@]3(CCSC3)C2=O)cc1. The van der Waals surface area contributed by atoms with Crippen molar-refractivity contribution in [2.24, 2.45) is 5.41 Å². The molecule has 6 nitrogen and oxygen atoms in total. The minimum atomic E-state index is -0.934. The topological polar surface area (TPSA) is 90.6 Å². The minimum absolute atomic E-state index is 0.00356. The van der Waals surface area contributed by atoms with Gasteiger partial charge in [-0.05, 0) is 29.9 Å². The molecule has 2 fully saturated rings. The number of imide groups is 1. The Hall–Kier alpha value is -2.04. The van der Waals surface area contributed by atoms with Crippen LogP contribution in [0.15, 0.2) is 24.3 Å². The highest BCUT2D eigenvalue weighted by Crippen LogP contribution is 2.44. The molecule has 1 spiro atoms. The average Bonchev–Trinajstić information content (AvgIpc) is 3.16. The van der Waals surface area contributed by atoms with Crippen LogP contribution in [-0.4, -0.2) is 52.6 Å². The minimum Gasteiger partial charge on any atom is -0.491 e. The molecule has 0 unspecified atom stereocenters. The van der Waals surface area contributed by atoms with E-state index in [0.717, 1.165) is 17.7 Å². The van der Waals surface area contributed by atoms with Crippen molar-refractivity contribution < 1.29 is 19.4 Å². The van der Waals surface area contributed by atoms with Crippen LogP contribution in [0.5, 0.6) is 5.75 Å². The lowest BCUT2D eigenvalue weighted by atomic mass is 9.86. The van der Waals surface area contributed by atoms with Gasteiger partial charge < -0.3 is 9.84 Å². The van der Waals surface area contributed by atoms with Gasteiger partial charge in [0.15, 0.2) is 0 Å². The van der Waals surface area contributed by atoms with Gasteiger partial charge in [0, 0.05) is 12.2 Å². The van der Waals surface area contributed by atoms with Crippen LogP contribution in [0.3, 0.4) is 0 Å². The first-order valence-corrected chi connectivity index (χ1v) is 9.39. The predicted octanol–water partition coefficient (Wildman–Crippen LogP) is 1.37. The van der Waals surface area contributed by atoms with Gasteiger partial charge in [0.1, 0.15) is 18.5 Å². The number of carbonyl (C=O) groups excluding carboxylic acids is 2. The smallest absolute Gasteiger partial charge is 0.236 e. The summed E-state index contributed by atoms with van der Waals surface area (Å²) >= 11 is 1.70. The van der Waals surface area contributed by atoms with Crippen molar-refractivity contribution in [3.63, 3.8) is 0 Å². The van der Waals surface area contributed by atoms with E-state index in [1.54, 1.807) is 36.0 Å². The molecule has 3 rings (SSSR count). The average molecular weight is 360 g/mol. The molecule has 0 saturated carbocycles. The Morgan fingerprint density at radius 2 is 2.12 bits per heavy atom. The second-order valence-electron chi connectivity index (χ2n) is 6.51. The van der Waals surface area contributed by atoms with Gasteiger partial charge >= 0.3 is 0 Å². The Morgan fingerprint density at radius 3 is 2.76 bits per heavy atom. The molecular weight excluding hydrogens is 340 g/mol. The van der Waals surface area contributed by atoms with Crippen molar-refractivity contribution in [1.82, 2.24) is 4.90 Å². The van der Waals surface area contributed by atoms with E-state index < -0.39 is 11.5 Å². The van der Waals surface area contributed by atoms with Gasteiger partial charge in [0.2, 0.25) is 11.8 Å². The maximum atomic E-state index is 12.6. The van der Waals surface area contributed by atoms with Crippen molar-refractivity contribution in [2.45, 2.75) is 25.4 Å². The summed E-state index contributed by atoms with van der Waals surface area (Å²) in [6.07, 6.45) is 0.394. The summed E-state index contributed by atoms with van der Waals surface area (Å²) in [5.41, 5.74) is 0.349. The molecule has 2 heterocycles. The van der Waals surface area contributed by atoms with E-state index >= 15 is 0 Å². The Labute approximate surface area is 150 Å². The third kappa shape index (κ3) is 3.80. The van der Waals surface area contributed by atoms with Crippen molar-refractivity contribution in [3.05, 3.63) is 29.8 Å². The summed E-state index contributed by atoms with van der Waals surface area (Å²) in [4.78, 5) is 25.9. The normalized spacial score (nSPS) is 23.9. The van der Waals surface area contributed by atoms with E-state index in [4.69, 9.17) is 10.00 Å². The zero-order valence-corrected chi connectivity index (χ0v) is 14.6. The van der Waals surface area contributed by atoms with Gasteiger partial charge in [-0.1, -0.05) is 12.1 Å². The predicted molar refractivity (Wildman–Crippen MR) is 93.0 cm³/mol. The Morgan fingerprint density at radius 1 is 1.36 bits per heavy atom. The molecule has 0 aromatic heterocycles. The van der Waals surface area contributed by atoms with Gasteiger partial charge in [-0.2, -0.15) is 17.0 Å². The fraction of sp³-hybridized carbons (Fsp3) is 0.500. The highest BCUT2D eigenvalue weighted by molar-refractivity contribution is 7.99. The van der Waals surface area contributed by atoms with Crippen molar-refractivity contribution in [2.75, 3.05) is 24.7 Å². The monoisotopic (exact) mass is 360 g/mol. The first kappa shape index (κ1) is 17.8. The lowest BCUT2D eigenvalue weighted by molar-refractivity contribution is -0.142. The van der Waals surface area contributed by atoms with E-state index in [2.05, 4.69) is 6.07 Å². The fourth-order valence-electron chi connectivity index (χ4n) is 3.21. The molecule has 2 aliphatic rings. The van der Waals surface area contributed by atoms with E-state index in [-0.39, 0.29) is 31.4 Å². The number of rotatable bonds is 6. The number of carbonyl (C=O) groups is 2. The van der Waals surface area contributed by atoms with E-state index in [1.165, 1.54) is 4.90 Å². The molecule has 2 aliphatic heterocycles. The van der Waals surface area contributed by atoms with Gasteiger partial charge in [-0.25, -0.2) is 0 Å². The quantitative estimate of drug-likeness (QED) is 0.771. The molecule has 7 heteroatoms. The number of aliphatic hydroxyl groups excluding tert-OH is 1. The van der Waals surface area contributed by atoms with Crippen molar-refractivity contribution >= 4 is 23.6 Å². The van der Waals surface area contributed by atoms with Crippen molar-refractivity contribution in [3.8, 4) is 11.8 Å². The summed E-state index contributed by atoms with van der Waals surface area (Å²) in [6, 6.07) is 9.12. The van der Waals surface area contributed by atoms with Crippen LogP contribution in [0, 0.1) is 16.7 Å². The number of ether oxygens (including phenoxy) is 1. The van der Waals surface area contributed by atoms with Crippen LogP contribution in [0.1, 0.15) is 18.4 Å². The van der Waals surface area contributed by atoms with E-state index in [9.17, 15) is 14.7 Å². The number of hydrogen-bond donors (Lipinski definition) is 1. The number of nitrogens with zero attached hydrogens (tertiary/aromatic N) is 2. The first-order valence-electron chi connectivity index (χ1n) is 8.23. The molecule has 132 valence electrons. The van der Waals surface area contributed by atoms with E-state index in [0.29, 0.717) is 17.9 Å². The molecule has 0 bridgehead atoms. The summed E-state index contributed by atoms with van der Waals surface area (Å²) in [6.45, 7) is -0.0347. The standard InChI is InChI=1S/C18H20N2O4S/c19-7-5-13-1-3-15(4-2-13)24-11-14(21)10-20-16(22)9-18(17(20)23)6-8-25-12-18/h1-4,14,21H,5-6,8-12H2/t14-,18-/m0/s1. The van der Waals surface area contributed by atoms with E-state index in [1.807, 2.05) is 0 Å². The highest BCUT2D eigenvalue weighted by Gasteiger charge is 2.53. The number of benzene rings is 1. The van der Waals surface area contributed by atoms with Gasteiger partial charge in [-0.3, -0.25) is 14.5 Å². The zero-order chi connectivity index (χ0) is 17.9. The molecule has 2 atom stereocenters. The zero-order valence-electron chi connectivity index (χ0n) is 13.8. The summed E-state index contributed by atoms with van der Waals surface area (Å²) < 4.78 is 5.51. The maximum Gasteiger partial charge on any atom is 0.236 e. The number of β-amino-alcohol motifs (C(OH)–C–C–N with tert-alkyl or cyclic N) is 1. The summed E-state index contributed by atoms with van der Waals surface area (Å²) in [5.74, 6) is 1.81. The molecule has 1 aromatic carbocycles. The third-order valence-corrected chi connectivity index (χ3v) is 5.88. The Kier molecular flexibility index (Phi) is 5.30. The summed E-state index contributed by atoms with van der Waals surface area (Å²) in [7, 11) is 0. The van der Waals surface area contributed by atoms with Crippen LogP contribution in [0.4, 0.5) is 0 Å². The molecular formula is C18H20N2O4S. The number of thioether (sulfide) groups is 1. The molecule has 2 amide bonds. The lowest BCUT2D eigenvalue weighted by Crippen LogP contribution is -2.41. The second kappa shape index (κ2) is 7.46. The number of amides is 2. The lowest BCUT2D eigenvalue weighted by Gasteiger charge is -2.22. The number of hydrogen-bond acceptors (Lipinski definition) is 6.